The van der Waals surface area contributed by atoms with Gasteiger partial charge in [-0.1, -0.05) is 34.8 Å². The molecule has 1 atom stereocenters. The second-order valence-corrected chi connectivity index (χ2v) is 5.43. The molecule has 76 valence electrons. The van der Waals surface area contributed by atoms with E-state index in [0.717, 1.165) is 17.9 Å². The molecule has 1 saturated heterocycles. The average molecular weight is 269 g/mol. The van der Waals surface area contributed by atoms with Gasteiger partial charge in [0.05, 0.1) is 15.4 Å². The Labute approximate surface area is 102 Å². The maximum Gasteiger partial charge on any atom is 0.0805 e. The Hall–Kier alpha value is 0.400. The monoisotopic (exact) mass is 267 g/mol. The third-order valence-corrected chi connectivity index (χ3v) is 4.25. The molecule has 1 fully saturated rings. The molecule has 1 heterocycles. The first-order chi connectivity index (χ1) is 6.68. The van der Waals surface area contributed by atoms with E-state index in [1.165, 1.54) is 0 Å². The van der Waals surface area contributed by atoms with Crippen LogP contribution in [0, 0.1) is 0 Å². The highest BCUT2D eigenvalue weighted by Crippen LogP contribution is 2.39. The molecule has 2 rings (SSSR count). The summed E-state index contributed by atoms with van der Waals surface area (Å²) >= 11 is 19.8. The van der Waals surface area contributed by atoms with Crippen LogP contribution in [-0.2, 0) is 0 Å². The Morgan fingerprint density at radius 2 is 2.07 bits per heavy atom. The van der Waals surface area contributed by atoms with Crippen LogP contribution < -0.4 is 5.32 Å². The third kappa shape index (κ3) is 2.15. The van der Waals surface area contributed by atoms with E-state index in [-0.39, 0.29) is 5.37 Å². The molecule has 0 radical (unpaired) electrons. The molecule has 0 aliphatic carbocycles. The number of nitrogens with one attached hydrogen (secondary N) is 1. The van der Waals surface area contributed by atoms with Gasteiger partial charge in [0.2, 0.25) is 0 Å². The Morgan fingerprint density at radius 1 is 1.29 bits per heavy atom. The molecule has 0 bridgehead atoms. The highest BCUT2D eigenvalue weighted by molar-refractivity contribution is 7.99. The van der Waals surface area contributed by atoms with Crippen molar-refractivity contribution in [1.29, 1.82) is 0 Å². The summed E-state index contributed by atoms with van der Waals surface area (Å²) in [6.07, 6.45) is 0. The molecule has 0 amide bonds. The van der Waals surface area contributed by atoms with Crippen molar-refractivity contribution in [3.63, 3.8) is 0 Å². The van der Waals surface area contributed by atoms with Gasteiger partial charge in [-0.3, -0.25) is 0 Å². The summed E-state index contributed by atoms with van der Waals surface area (Å²) in [6, 6.07) is 3.53. The number of halogens is 3. The largest absolute Gasteiger partial charge is 0.301 e. The number of thioether (sulfide) groups is 1. The van der Waals surface area contributed by atoms with Gasteiger partial charge in [0.15, 0.2) is 0 Å². The van der Waals surface area contributed by atoms with Gasteiger partial charge < -0.3 is 5.32 Å². The SMILES string of the molecule is Clc1cc(Cl)c(Cl)c(C2NCCS2)c1. The van der Waals surface area contributed by atoms with Crippen LogP contribution >= 0.6 is 46.6 Å². The van der Waals surface area contributed by atoms with Gasteiger partial charge in [-0.05, 0) is 12.1 Å². The number of hydrogen-bond donors (Lipinski definition) is 1. The number of rotatable bonds is 1. The lowest BCUT2D eigenvalue weighted by Gasteiger charge is -2.13. The van der Waals surface area contributed by atoms with Crippen LogP contribution in [0.3, 0.4) is 0 Å². The standard InChI is InChI=1S/C9H8Cl3NS/c10-5-3-6(8(12)7(11)4-5)9-13-1-2-14-9/h3-4,9,13H,1-2H2. The van der Waals surface area contributed by atoms with E-state index in [4.69, 9.17) is 34.8 Å². The molecular formula is C9H8Cl3NS. The molecule has 1 nitrogen and oxygen atoms in total. The Morgan fingerprint density at radius 3 is 2.71 bits per heavy atom. The second-order valence-electron chi connectivity index (χ2n) is 3.00. The lowest BCUT2D eigenvalue weighted by molar-refractivity contribution is 0.751. The lowest BCUT2D eigenvalue weighted by atomic mass is 10.2. The van der Waals surface area contributed by atoms with E-state index in [1.807, 2.05) is 17.8 Å². The van der Waals surface area contributed by atoms with Crippen molar-refractivity contribution in [2.45, 2.75) is 5.37 Å². The van der Waals surface area contributed by atoms with Crippen LogP contribution in [0.2, 0.25) is 15.1 Å². The van der Waals surface area contributed by atoms with E-state index < -0.39 is 0 Å². The summed E-state index contributed by atoms with van der Waals surface area (Å²) < 4.78 is 0. The average Bonchev–Trinajstić information content (AvgIpc) is 2.63. The molecule has 0 saturated carbocycles. The fourth-order valence-electron chi connectivity index (χ4n) is 1.39. The normalized spacial score (nSPS) is 21.5. The Bertz CT molecular complexity index is 350. The zero-order valence-electron chi connectivity index (χ0n) is 7.19. The van der Waals surface area contributed by atoms with Crippen molar-refractivity contribution in [3.05, 3.63) is 32.8 Å². The summed E-state index contributed by atoms with van der Waals surface area (Å²) in [6.45, 7) is 0.996. The molecule has 1 aliphatic heterocycles. The van der Waals surface area contributed by atoms with Gasteiger partial charge in [0.1, 0.15) is 0 Å². The van der Waals surface area contributed by atoms with E-state index in [0.29, 0.717) is 15.1 Å². The fourth-order valence-corrected chi connectivity index (χ4v) is 3.26. The van der Waals surface area contributed by atoms with Crippen molar-refractivity contribution < 1.29 is 0 Å². The smallest absolute Gasteiger partial charge is 0.0805 e. The zero-order chi connectivity index (χ0) is 10.1. The topological polar surface area (TPSA) is 12.0 Å². The van der Waals surface area contributed by atoms with Gasteiger partial charge in [0, 0.05) is 22.9 Å². The first kappa shape index (κ1) is 10.9. The molecular weight excluding hydrogens is 261 g/mol. The minimum Gasteiger partial charge on any atom is -0.301 e. The van der Waals surface area contributed by atoms with Crippen LogP contribution in [0.5, 0.6) is 0 Å². The first-order valence-electron chi connectivity index (χ1n) is 4.18. The molecule has 1 N–H and O–H groups in total. The van der Waals surface area contributed by atoms with Crippen molar-refractivity contribution in [3.8, 4) is 0 Å². The zero-order valence-corrected chi connectivity index (χ0v) is 10.3. The van der Waals surface area contributed by atoms with Crippen LogP contribution in [-0.4, -0.2) is 12.3 Å². The highest BCUT2D eigenvalue weighted by atomic mass is 35.5. The highest BCUT2D eigenvalue weighted by Gasteiger charge is 2.21. The fraction of sp³-hybridized carbons (Fsp3) is 0.333. The van der Waals surface area contributed by atoms with Gasteiger partial charge in [-0.15, -0.1) is 11.8 Å². The van der Waals surface area contributed by atoms with Crippen LogP contribution in [0.25, 0.3) is 0 Å². The van der Waals surface area contributed by atoms with Crippen LogP contribution in [0.1, 0.15) is 10.9 Å². The van der Waals surface area contributed by atoms with E-state index in [1.54, 1.807) is 6.07 Å². The predicted molar refractivity (Wildman–Crippen MR) is 64.7 cm³/mol. The van der Waals surface area contributed by atoms with E-state index in [9.17, 15) is 0 Å². The summed E-state index contributed by atoms with van der Waals surface area (Å²) in [4.78, 5) is 0. The van der Waals surface area contributed by atoms with Crippen molar-refractivity contribution in [2.24, 2.45) is 0 Å². The predicted octanol–water partition coefficient (Wildman–Crippen LogP) is 3.98. The van der Waals surface area contributed by atoms with Crippen LogP contribution in [0.4, 0.5) is 0 Å². The molecule has 1 aromatic rings. The summed E-state index contributed by atoms with van der Waals surface area (Å²) in [5.74, 6) is 1.09. The summed E-state index contributed by atoms with van der Waals surface area (Å²) in [7, 11) is 0. The minimum atomic E-state index is 0.221. The lowest BCUT2D eigenvalue weighted by Crippen LogP contribution is -2.12. The molecule has 0 spiro atoms. The molecule has 1 aliphatic rings. The molecule has 1 aromatic carbocycles. The minimum absolute atomic E-state index is 0.221. The number of hydrogen-bond acceptors (Lipinski definition) is 2. The Balaban J connectivity index is 2.40. The quantitative estimate of drug-likeness (QED) is 0.773. The van der Waals surface area contributed by atoms with Crippen molar-refractivity contribution >= 4 is 46.6 Å². The summed E-state index contributed by atoms with van der Waals surface area (Å²) in [5.41, 5.74) is 0.978. The maximum atomic E-state index is 6.10. The Kier molecular flexibility index (Phi) is 3.50. The maximum absolute atomic E-state index is 6.10. The van der Waals surface area contributed by atoms with Gasteiger partial charge in [-0.2, -0.15) is 0 Å². The van der Waals surface area contributed by atoms with Gasteiger partial charge in [-0.25, -0.2) is 0 Å². The molecule has 14 heavy (non-hydrogen) atoms. The molecule has 5 heteroatoms. The van der Waals surface area contributed by atoms with Gasteiger partial charge >= 0.3 is 0 Å². The van der Waals surface area contributed by atoms with E-state index in [2.05, 4.69) is 5.32 Å². The summed E-state index contributed by atoms with van der Waals surface area (Å²) in [5, 5.41) is 5.30. The molecule has 0 aromatic heterocycles. The van der Waals surface area contributed by atoms with Gasteiger partial charge in [0.25, 0.3) is 0 Å². The third-order valence-electron chi connectivity index (χ3n) is 2.02. The molecule has 1 unspecified atom stereocenters. The van der Waals surface area contributed by atoms with E-state index >= 15 is 0 Å². The second kappa shape index (κ2) is 4.50. The number of benzene rings is 1. The van der Waals surface area contributed by atoms with Crippen molar-refractivity contribution in [2.75, 3.05) is 12.3 Å². The van der Waals surface area contributed by atoms with Crippen molar-refractivity contribution in [1.82, 2.24) is 5.32 Å². The van der Waals surface area contributed by atoms with Crippen LogP contribution in [0.15, 0.2) is 12.1 Å². The first-order valence-corrected chi connectivity index (χ1v) is 6.36.